The number of rotatable bonds is 8. The van der Waals surface area contributed by atoms with E-state index in [0.717, 1.165) is 51.2 Å². The molecule has 2 aliphatic rings. The molecule has 0 fully saturated rings. The number of hydrogen-bond acceptors (Lipinski definition) is 4. The van der Waals surface area contributed by atoms with E-state index < -0.39 is 5.41 Å². The minimum Gasteiger partial charge on any atom is -0.310 e. The quantitative estimate of drug-likeness (QED) is 0.151. The van der Waals surface area contributed by atoms with Crippen molar-refractivity contribution in [3.63, 3.8) is 0 Å². The third-order valence-corrected chi connectivity index (χ3v) is 17.5. The molecule has 0 amide bonds. The first-order valence-electron chi connectivity index (χ1n) is 26.8. The first-order chi connectivity index (χ1) is 38.7. The summed E-state index contributed by atoms with van der Waals surface area (Å²) in [6.45, 7) is 0. The summed E-state index contributed by atoms with van der Waals surface area (Å²) < 4.78 is 4.92. The van der Waals surface area contributed by atoms with Gasteiger partial charge in [-0.15, -0.1) is 11.3 Å². The second-order valence-corrected chi connectivity index (χ2v) is 21.5. The lowest BCUT2D eigenvalue weighted by Crippen LogP contribution is -2.36. The summed E-state index contributed by atoms with van der Waals surface area (Å²) in [5, 5.41) is 4.95. The van der Waals surface area contributed by atoms with E-state index in [1.165, 1.54) is 81.0 Å². The molecular weight excluding hydrogens is 965 g/mol. The highest BCUT2D eigenvalue weighted by Gasteiger charge is 2.52. The van der Waals surface area contributed by atoms with Crippen molar-refractivity contribution in [3.05, 3.63) is 313 Å². The number of benzene rings is 12. The first-order valence-corrected chi connectivity index (χ1v) is 27.6. The SMILES string of the molecule is c1ccc(N(c2ccc3c(c2)C2(c4ccccc4-3)c3ccccc3N(c3ccc4c5ccccc5n(-c5ccccc5)c4c3)c3ccccc32)c2ccc3sc4c(N(c5ccccc5)c5ccccc5)cccc4c3c2)cc1. The number of hydrogen-bond donors (Lipinski definition) is 0. The van der Waals surface area contributed by atoms with Gasteiger partial charge in [0.05, 0.1) is 38.2 Å². The molecule has 12 aromatic carbocycles. The number of anilines is 9. The molecule has 0 bridgehead atoms. The van der Waals surface area contributed by atoms with Crippen LogP contribution >= 0.6 is 11.3 Å². The Morgan fingerprint density at radius 2 is 0.846 bits per heavy atom. The van der Waals surface area contributed by atoms with Crippen LogP contribution in [0.4, 0.5) is 51.2 Å². The summed E-state index contributed by atoms with van der Waals surface area (Å²) in [5.74, 6) is 0. The molecule has 16 rings (SSSR count). The van der Waals surface area contributed by atoms with Gasteiger partial charge in [-0.25, -0.2) is 0 Å². The molecule has 4 nitrogen and oxygen atoms in total. The summed E-state index contributed by atoms with van der Waals surface area (Å²) in [6, 6.07) is 107. The molecule has 366 valence electrons. The van der Waals surface area contributed by atoms with E-state index >= 15 is 0 Å². The van der Waals surface area contributed by atoms with Crippen LogP contribution in [0.5, 0.6) is 0 Å². The second-order valence-electron chi connectivity index (χ2n) is 20.4. The Morgan fingerprint density at radius 1 is 0.308 bits per heavy atom. The largest absolute Gasteiger partial charge is 0.310 e. The molecule has 3 heterocycles. The van der Waals surface area contributed by atoms with Crippen LogP contribution in [0.2, 0.25) is 0 Å². The van der Waals surface area contributed by atoms with Crippen molar-refractivity contribution in [1.82, 2.24) is 4.57 Å². The van der Waals surface area contributed by atoms with Gasteiger partial charge in [0.2, 0.25) is 0 Å². The smallest absolute Gasteiger partial charge is 0.0755 e. The Labute approximate surface area is 456 Å². The standard InChI is InChI=1S/C73H48N4S/c1-5-22-49(23-6-1)74(53-42-45-71-61(46-53)60-32-21-39-69(72(60)78-71)75(50-24-7-2-8-25-50)51-26-9-3-10-27-51)54-40-43-57-56-30-13-15-33-62(56)73(65(57)47-54)63-34-16-19-37-67(63)77(68-38-20-17-35-64(68)73)55-41-44-59-58-31-14-18-36-66(58)76(70(59)48-55)52-28-11-4-12-29-52/h1-48H. The van der Waals surface area contributed by atoms with Gasteiger partial charge < -0.3 is 19.3 Å². The lowest BCUT2D eigenvalue weighted by molar-refractivity contribution is 0.752. The zero-order valence-corrected chi connectivity index (χ0v) is 43.2. The maximum Gasteiger partial charge on any atom is 0.0755 e. The van der Waals surface area contributed by atoms with E-state index in [9.17, 15) is 0 Å². The Kier molecular flexibility index (Phi) is 9.99. The zero-order chi connectivity index (χ0) is 51.3. The number of thiophene rings is 1. The van der Waals surface area contributed by atoms with Crippen molar-refractivity contribution in [2.45, 2.75) is 5.41 Å². The molecule has 2 aromatic heterocycles. The molecule has 5 heteroatoms. The molecule has 1 spiro atoms. The van der Waals surface area contributed by atoms with E-state index in [4.69, 9.17) is 0 Å². The van der Waals surface area contributed by atoms with Gasteiger partial charge in [-0.3, -0.25) is 0 Å². The van der Waals surface area contributed by atoms with Crippen molar-refractivity contribution in [3.8, 4) is 16.8 Å². The first kappa shape index (κ1) is 44.4. The molecular formula is C73H48N4S. The average Bonchev–Trinajstić information content (AvgIpc) is 4.29. The molecule has 1 aliphatic heterocycles. The molecule has 0 saturated carbocycles. The fourth-order valence-electron chi connectivity index (χ4n) is 13.2. The van der Waals surface area contributed by atoms with Crippen LogP contribution in [0.3, 0.4) is 0 Å². The normalized spacial score (nSPS) is 12.9. The van der Waals surface area contributed by atoms with Gasteiger partial charge in [0.25, 0.3) is 0 Å². The number of fused-ring (bicyclic) bond motifs is 15. The van der Waals surface area contributed by atoms with Crippen molar-refractivity contribution in [2.24, 2.45) is 0 Å². The van der Waals surface area contributed by atoms with Gasteiger partial charge in [0.15, 0.2) is 0 Å². The summed E-state index contributed by atoms with van der Waals surface area (Å²) >= 11 is 1.86. The van der Waals surface area contributed by atoms with Crippen LogP contribution in [0.1, 0.15) is 22.3 Å². The third kappa shape index (κ3) is 6.52. The summed E-state index contributed by atoms with van der Waals surface area (Å²) in [7, 11) is 0. The molecule has 14 aromatic rings. The van der Waals surface area contributed by atoms with E-state index in [2.05, 4.69) is 310 Å². The Hall–Kier alpha value is -9.94. The Balaban J connectivity index is 0.886. The maximum atomic E-state index is 2.51. The lowest BCUT2D eigenvalue weighted by atomic mass is 9.64. The molecule has 0 unspecified atom stereocenters. The van der Waals surface area contributed by atoms with Gasteiger partial charge in [0, 0.05) is 66.1 Å². The summed E-state index contributed by atoms with van der Waals surface area (Å²) in [6.07, 6.45) is 0. The van der Waals surface area contributed by atoms with E-state index in [-0.39, 0.29) is 0 Å². The minimum absolute atomic E-state index is 0.635. The van der Waals surface area contributed by atoms with Crippen molar-refractivity contribution < 1.29 is 0 Å². The van der Waals surface area contributed by atoms with Gasteiger partial charge in [-0.2, -0.15) is 0 Å². The predicted molar refractivity (Wildman–Crippen MR) is 329 cm³/mol. The van der Waals surface area contributed by atoms with Crippen LogP contribution in [0.15, 0.2) is 291 Å². The van der Waals surface area contributed by atoms with Gasteiger partial charge in [0.1, 0.15) is 0 Å². The van der Waals surface area contributed by atoms with Crippen molar-refractivity contribution in [1.29, 1.82) is 0 Å². The number of para-hydroxylation sites is 7. The number of aromatic nitrogens is 1. The molecule has 1 aliphatic carbocycles. The molecule has 0 atom stereocenters. The molecule has 78 heavy (non-hydrogen) atoms. The Morgan fingerprint density at radius 3 is 1.55 bits per heavy atom. The van der Waals surface area contributed by atoms with Crippen LogP contribution < -0.4 is 14.7 Å². The second kappa shape index (κ2) is 17.6. The highest BCUT2D eigenvalue weighted by atomic mass is 32.1. The van der Waals surface area contributed by atoms with Crippen molar-refractivity contribution in [2.75, 3.05) is 14.7 Å². The average molecular weight is 1010 g/mol. The fraction of sp³-hybridized carbons (Fsp3) is 0.0137. The van der Waals surface area contributed by atoms with Crippen LogP contribution in [0.25, 0.3) is 58.8 Å². The monoisotopic (exact) mass is 1010 g/mol. The van der Waals surface area contributed by atoms with E-state index in [1.54, 1.807) is 0 Å². The van der Waals surface area contributed by atoms with Crippen molar-refractivity contribution >= 4 is 105 Å². The molecule has 0 radical (unpaired) electrons. The highest BCUT2D eigenvalue weighted by molar-refractivity contribution is 7.26. The third-order valence-electron chi connectivity index (χ3n) is 16.3. The predicted octanol–water partition coefficient (Wildman–Crippen LogP) is 20.2. The summed E-state index contributed by atoms with van der Waals surface area (Å²) in [4.78, 5) is 7.35. The fourth-order valence-corrected chi connectivity index (χ4v) is 14.3. The van der Waals surface area contributed by atoms with E-state index in [0.29, 0.717) is 0 Å². The Bertz CT molecular complexity index is 4550. The summed E-state index contributed by atoms with van der Waals surface area (Å²) in [5.41, 5.74) is 20.6. The molecule has 0 saturated heterocycles. The van der Waals surface area contributed by atoms with Gasteiger partial charge in [-0.1, -0.05) is 176 Å². The topological polar surface area (TPSA) is 14.7 Å². The van der Waals surface area contributed by atoms with Crippen LogP contribution in [0, 0.1) is 0 Å². The van der Waals surface area contributed by atoms with Crippen LogP contribution in [-0.4, -0.2) is 4.57 Å². The van der Waals surface area contributed by atoms with E-state index in [1.807, 2.05) is 11.3 Å². The molecule has 0 N–H and O–H groups in total. The zero-order valence-electron chi connectivity index (χ0n) is 42.4. The minimum atomic E-state index is -0.635. The number of nitrogens with zero attached hydrogens (tertiary/aromatic N) is 4. The van der Waals surface area contributed by atoms with Crippen LogP contribution in [-0.2, 0) is 5.41 Å². The van der Waals surface area contributed by atoms with Gasteiger partial charge >= 0.3 is 0 Å². The maximum absolute atomic E-state index is 2.51. The van der Waals surface area contributed by atoms with Gasteiger partial charge in [-0.05, 0) is 149 Å². The lowest BCUT2D eigenvalue weighted by Gasteiger charge is -2.45. The highest BCUT2D eigenvalue weighted by Crippen LogP contribution is 2.64.